The van der Waals surface area contributed by atoms with Gasteiger partial charge in [-0.25, -0.2) is 4.79 Å². The Hall–Kier alpha value is -2.66. The maximum atomic E-state index is 11.8. The van der Waals surface area contributed by atoms with E-state index in [1.54, 1.807) is 12.1 Å². The van der Waals surface area contributed by atoms with Crippen molar-refractivity contribution in [2.45, 2.75) is 12.6 Å². The van der Waals surface area contributed by atoms with Gasteiger partial charge in [0.15, 0.2) is 0 Å². The molecule has 0 fully saturated rings. The molecule has 1 atom stereocenters. The molecule has 0 radical (unpaired) electrons. The maximum Gasteiger partial charge on any atom is 0.437 e. The number of aliphatic hydroxyl groups is 1. The van der Waals surface area contributed by atoms with Crippen LogP contribution in [0.5, 0.6) is 0 Å². The second-order valence-corrected chi connectivity index (χ2v) is 4.65. The third kappa shape index (κ3) is 2.93. The first-order valence-electron chi connectivity index (χ1n) is 6.60. The highest BCUT2D eigenvalue weighted by Crippen LogP contribution is 2.16. The van der Waals surface area contributed by atoms with Gasteiger partial charge >= 0.3 is 5.76 Å². The highest BCUT2D eigenvalue weighted by Gasteiger charge is 2.14. The van der Waals surface area contributed by atoms with Gasteiger partial charge in [-0.15, -0.1) is 5.10 Å². The molecule has 0 saturated heterocycles. The second kappa shape index (κ2) is 5.76. The minimum Gasteiger partial charge on any atom is -0.388 e. The average molecular weight is 282 g/mol. The van der Waals surface area contributed by atoms with Crippen molar-refractivity contribution in [1.29, 1.82) is 0 Å². The summed E-state index contributed by atoms with van der Waals surface area (Å²) in [5.41, 5.74) is 1.45. The quantitative estimate of drug-likeness (QED) is 0.796. The average Bonchev–Trinajstić information content (AvgIpc) is 2.90. The molecule has 0 bridgehead atoms. The van der Waals surface area contributed by atoms with Crippen LogP contribution in [-0.2, 0) is 6.54 Å². The Bertz CT molecular complexity index is 763. The molecule has 0 aliphatic heterocycles. The van der Waals surface area contributed by atoms with Gasteiger partial charge in [0.2, 0.25) is 5.89 Å². The first kappa shape index (κ1) is 13.3. The number of rotatable bonds is 4. The van der Waals surface area contributed by atoms with Gasteiger partial charge in [-0.2, -0.15) is 4.68 Å². The topological polar surface area (TPSA) is 68.3 Å². The molecule has 3 rings (SSSR count). The Morgan fingerprint density at radius 1 is 1.05 bits per heavy atom. The van der Waals surface area contributed by atoms with E-state index in [9.17, 15) is 9.90 Å². The van der Waals surface area contributed by atoms with E-state index < -0.39 is 11.9 Å². The van der Waals surface area contributed by atoms with Crippen LogP contribution in [0.3, 0.4) is 0 Å². The fourth-order valence-electron chi connectivity index (χ4n) is 2.06. The normalized spacial score (nSPS) is 12.2. The maximum absolute atomic E-state index is 11.8. The van der Waals surface area contributed by atoms with E-state index in [0.29, 0.717) is 0 Å². The van der Waals surface area contributed by atoms with E-state index in [4.69, 9.17) is 4.42 Å². The minimum absolute atomic E-state index is 0.0547. The van der Waals surface area contributed by atoms with Crippen LogP contribution < -0.4 is 5.76 Å². The summed E-state index contributed by atoms with van der Waals surface area (Å²) in [7, 11) is 0. The van der Waals surface area contributed by atoms with E-state index >= 15 is 0 Å². The Balaban J connectivity index is 1.84. The van der Waals surface area contributed by atoms with Crippen LogP contribution in [0, 0.1) is 0 Å². The lowest BCUT2D eigenvalue weighted by molar-refractivity contribution is 0.148. The van der Waals surface area contributed by atoms with E-state index in [1.807, 2.05) is 48.5 Å². The Morgan fingerprint density at radius 3 is 2.33 bits per heavy atom. The molecule has 0 spiro atoms. The Morgan fingerprint density at radius 2 is 1.67 bits per heavy atom. The summed E-state index contributed by atoms with van der Waals surface area (Å²) in [6.45, 7) is 0.0547. The standard InChI is InChI=1S/C16H14N2O3/c19-14(12-7-3-1-4-8-12)11-18-16(20)21-15(17-18)13-9-5-2-6-10-13/h1-10,14,19H,11H2. The zero-order valence-electron chi connectivity index (χ0n) is 11.2. The van der Waals surface area contributed by atoms with Crippen LogP contribution in [0.15, 0.2) is 69.9 Å². The molecule has 1 aromatic heterocycles. The fraction of sp³-hybridized carbons (Fsp3) is 0.125. The number of aromatic nitrogens is 2. The zero-order chi connectivity index (χ0) is 14.7. The minimum atomic E-state index is -0.808. The molecule has 3 aromatic rings. The molecule has 5 nitrogen and oxygen atoms in total. The van der Waals surface area contributed by atoms with Gasteiger partial charge in [0.1, 0.15) is 0 Å². The molecule has 5 heteroatoms. The number of hydrogen-bond donors (Lipinski definition) is 1. The number of benzene rings is 2. The van der Waals surface area contributed by atoms with Crippen LogP contribution in [0.2, 0.25) is 0 Å². The zero-order valence-corrected chi connectivity index (χ0v) is 11.2. The van der Waals surface area contributed by atoms with Crippen molar-refractivity contribution in [3.63, 3.8) is 0 Å². The van der Waals surface area contributed by atoms with Gasteiger partial charge < -0.3 is 9.52 Å². The molecule has 1 unspecified atom stereocenters. The molecule has 0 aliphatic carbocycles. The number of aliphatic hydroxyl groups excluding tert-OH is 1. The summed E-state index contributed by atoms with van der Waals surface area (Å²) in [5, 5.41) is 14.3. The summed E-state index contributed by atoms with van der Waals surface area (Å²) < 4.78 is 6.26. The highest BCUT2D eigenvalue weighted by atomic mass is 16.4. The number of hydrogen-bond acceptors (Lipinski definition) is 4. The summed E-state index contributed by atoms with van der Waals surface area (Å²) in [5.74, 6) is -0.329. The summed E-state index contributed by atoms with van der Waals surface area (Å²) in [6, 6.07) is 18.3. The first-order chi connectivity index (χ1) is 10.2. The van der Waals surface area contributed by atoms with Crippen molar-refractivity contribution in [3.05, 3.63) is 76.8 Å². The van der Waals surface area contributed by atoms with E-state index in [2.05, 4.69) is 5.10 Å². The monoisotopic (exact) mass is 282 g/mol. The lowest BCUT2D eigenvalue weighted by atomic mass is 10.1. The molecule has 2 aromatic carbocycles. The molecular weight excluding hydrogens is 268 g/mol. The smallest absolute Gasteiger partial charge is 0.388 e. The predicted octanol–water partition coefficient (Wildman–Crippen LogP) is 2.24. The van der Waals surface area contributed by atoms with E-state index in [-0.39, 0.29) is 12.4 Å². The number of nitrogens with zero attached hydrogens (tertiary/aromatic N) is 2. The van der Waals surface area contributed by atoms with Crippen LogP contribution in [0.1, 0.15) is 11.7 Å². The molecule has 106 valence electrons. The van der Waals surface area contributed by atoms with E-state index in [0.717, 1.165) is 15.8 Å². The Labute approximate surface area is 121 Å². The van der Waals surface area contributed by atoms with Gasteiger partial charge in [-0.3, -0.25) is 0 Å². The molecule has 0 aliphatic rings. The first-order valence-corrected chi connectivity index (χ1v) is 6.60. The predicted molar refractivity (Wildman–Crippen MR) is 77.6 cm³/mol. The summed E-state index contributed by atoms with van der Waals surface area (Å²) in [4.78, 5) is 11.8. The van der Waals surface area contributed by atoms with Gasteiger partial charge in [0, 0.05) is 5.56 Å². The molecular formula is C16H14N2O3. The van der Waals surface area contributed by atoms with Gasteiger partial charge in [0.05, 0.1) is 12.6 Å². The van der Waals surface area contributed by atoms with Crippen LogP contribution in [-0.4, -0.2) is 14.9 Å². The third-order valence-electron chi connectivity index (χ3n) is 3.16. The van der Waals surface area contributed by atoms with Gasteiger partial charge in [-0.1, -0.05) is 48.5 Å². The molecule has 1 N–H and O–H groups in total. The van der Waals surface area contributed by atoms with Crippen LogP contribution in [0.25, 0.3) is 11.5 Å². The molecule has 1 heterocycles. The SMILES string of the molecule is O=c1oc(-c2ccccc2)nn1CC(O)c1ccccc1. The molecule has 0 saturated carbocycles. The van der Waals surface area contributed by atoms with Gasteiger partial charge in [-0.05, 0) is 17.7 Å². The summed E-state index contributed by atoms with van der Waals surface area (Å²) >= 11 is 0. The second-order valence-electron chi connectivity index (χ2n) is 4.65. The van der Waals surface area contributed by atoms with Gasteiger partial charge in [0.25, 0.3) is 0 Å². The van der Waals surface area contributed by atoms with Crippen molar-refractivity contribution >= 4 is 0 Å². The van der Waals surface area contributed by atoms with Crippen molar-refractivity contribution < 1.29 is 9.52 Å². The lowest BCUT2D eigenvalue weighted by Crippen LogP contribution is -2.20. The van der Waals surface area contributed by atoms with Crippen molar-refractivity contribution in [2.75, 3.05) is 0 Å². The Kier molecular flexibility index (Phi) is 3.66. The molecule has 0 amide bonds. The van der Waals surface area contributed by atoms with Crippen LogP contribution >= 0.6 is 0 Å². The molecule has 21 heavy (non-hydrogen) atoms. The van der Waals surface area contributed by atoms with Crippen molar-refractivity contribution in [3.8, 4) is 11.5 Å². The van der Waals surface area contributed by atoms with Crippen molar-refractivity contribution in [1.82, 2.24) is 9.78 Å². The largest absolute Gasteiger partial charge is 0.437 e. The van der Waals surface area contributed by atoms with E-state index in [1.165, 1.54) is 0 Å². The van der Waals surface area contributed by atoms with Crippen LogP contribution in [0.4, 0.5) is 0 Å². The summed E-state index contributed by atoms with van der Waals surface area (Å²) in [6.07, 6.45) is -0.808. The highest BCUT2D eigenvalue weighted by molar-refractivity contribution is 5.51. The fourth-order valence-corrected chi connectivity index (χ4v) is 2.06. The third-order valence-corrected chi connectivity index (χ3v) is 3.16. The lowest BCUT2D eigenvalue weighted by Gasteiger charge is -2.09. The van der Waals surface area contributed by atoms with Crippen molar-refractivity contribution in [2.24, 2.45) is 0 Å².